The molecule has 0 spiro atoms. The van der Waals surface area contributed by atoms with Crippen LogP contribution in [0.2, 0.25) is 0 Å². The van der Waals surface area contributed by atoms with Gasteiger partial charge in [0, 0.05) is 5.56 Å². The van der Waals surface area contributed by atoms with Crippen molar-refractivity contribution in [1.82, 2.24) is 5.32 Å². The van der Waals surface area contributed by atoms with E-state index in [0.29, 0.717) is 6.42 Å². The summed E-state index contributed by atoms with van der Waals surface area (Å²) in [4.78, 5) is 11.8. The number of rotatable bonds is 5. The van der Waals surface area contributed by atoms with Gasteiger partial charge in [-0.05, 0) is 30.7 Å². The van der Waals surface area contributed by atoms with Gasteiger partial charge in [-0.1, -0.05) is 19.3 Å². The van der Waals surface area contributed by atoms with Gasteiger partial charge in [-0.3, -0.25) is 4.79 Å². The Morgan fingerprint density at radius 1 is 1.40 bits per heavy atom. The average molecular weight is 285 g/mol. The maximum atomic E-state index is 12.0. The SMILES string of the molecule is C#CC(CCC)NC(=O)c1ccc(OC(F)(F)F)cc1. The molecule has 6 heteroatoms. The number of carbonyl (C=O) groups is 1. The van der Waals surface area contributed by atoms with Gasteiger partial charge in [-0.25, -0.2) is 0 Å². The fourth-order valence-corrected chi connectivity index (χ4v) is 1.54. The molecule has 0 aliphatic carbocycles. The van der Waals surface area contributed by atoms with Gasteiger partial charge in [0.25, 0.3) is 5.91 Å². The number of benzene rings is 1. The molecule has 108 valence electrons. The first-order valence-electron chi connectivity index (χ1n) is 5.98. The Morgan fingerprint density at radius 3 is 2.45 bits per heavy atom. The van der Waals surface area contributed by atoms with Gasteiger partial charge in [-0.2, -0.15) is 0 Å². The highest BCUT2D eigenvalue weighted by atomic mass is 19.4. The number of alkyl halides is 3. The highest BCUT2D eigenvalue weighted by Crippen LogP contribution is 2.22. The van der Waals surface area contributed by atoms with Crippen LogP contribution in [0.15, 0.2) is 24.3 Å². The molecule has 0 aliphatic rings. The summed E-state index contributed by atoms with van der Waals surface area (Å²) in [6.07, 6.45) is 1.97. The van der Waals surface area contributed by atoms with Gasteiger partial charge in [0.2, 0.25) is 0 Å². The molecule has 0 saturated carbocycles. The Balaban J connectivity index is 2.69. The monoisotopic (exact) mass is 285 g/mol. The van der Waals surface area contributed by atoms with E-state index >= 15 is 0 Å². The lowest BCUT2D eigenvalue weighted by atomic mass is 10.1. The van der Waals surface area contributed by atoms with E-state index in [1.165, 1.54) is 12.1 Å². The van der Waals surface area contributed by atoms with Crippen LogP contribution in [0.25, 0.3) is 0 Å². The zero-order valence-corrected chi connectivity index (χ0v) is 10.8. The molecule has 0 bridgehead atoms. The summed E-state index contributed by atoms with van der Waals surface area (Å²) in [5.74, 6) is 1.63. The highest BCUT2D eigenvalue weighted by molar-refractivity contribution is 5.94. The highest BCUT2D eigenvalue weighted by Gasteiger charge is 2.31. The summed E-state index contributed by atoms with van der Waals surface area (Å²) < 4.78 is 39.7. The Labute approximate surface area is 115 Å². The number of terminal acetylenes is 1. The molecule has 1 unspecified atom stereocenters. The van der Waals surface area contributed by atoms with Crippen molar-refractivity contribution in [3.8, 4) is 18.1 Å². The number of amides is 1. The zero-order chi connectivity index (χ0) is 15.2. The van der Waals surface area contributed by atoms with Crippen LogP contribution in [0.4, 0.5) is 13.2 Å². The minimum Gasteiger partial charge on any atom is -0.406 e. The zero-order valence-electron chi connectivity index (χ0n) is 10.8. The third-order valence-electron chi connectivity index (χ3n) is 2.43. The quantitative estimate of drug-likeness (QED) is 0.844. The summed E-state index contributed by atoms with van der Waals surface area (Å²) in [6.45, 7) is 1.93. The molecule has 1 aromatic carbocycles. The van der Waals surface area contributed by atoms with E-state index < -0.39 is 18.3 Å². The first kappa shape index (κ1) is 15.9. The van der Waals surface area contributed by atoms with Gasteiger partial charge in [-0.15, -0.1) is 19.6 Å². The molecule has 0 heterocycles. The maximum absolute atomic E-state index is 12.0. The molecule has 0 aliphatic heterocycles. The van der Waals surface area contributed by atoms with Gasteiger partial charge in [0.1, 0.15) is 5.75 Å². The topological polar surface area (TPSA) is 38.3 Å². The van der Waals surface area contributed by atoms with Gasteiger partial charge >= 0.3 is 6.36 Å². The Hall–Kier alpha value is -2.16. The van der Waals surface area contributed by atoms with Crippen molar-refractivity contribution < 1.29 is 22.7 Å². The Morgan fingerprint density at radius 2 is 2.00 bits per heavy atom. The van der Waals surface area contributed by atoms with Crippen molar-refractivity contribution in [3.05, 3.63) is 29.8 Å². The summed E-state index contributed by atoms with van der Waals surface area (Å²) >= 11 is 0. The van der Waals surface area contributed by atoms with E-state index in [0.717, 1.165) is 18.6 Å². The van der Waals surface area contributed by atoms with E-state index in [-0.39, 0.29) is 11.3 Å². The van der Waals surface area contributed by atoms with Crippen LogP contribution in [-0.2, 0) is 0 Å². The molecular formula is C14H14F3NO2. The third-order valence-corrected chi connectivity index (χ3v) is 2.43. The summed E-state index contributed by atoms with van der Waals surface area (Å²) in [6, 6.07) is 4.25. The lowest BCUT2D eigenvalue weighted by Gasteiger charge is -2.12. The predicted molar refractivity (Wildman–Crippen MR) is 68.1 cm³/mol. The van der Waals surface area contributed by atoms with Crippen molar-refractivity contribution in [2.75, 3.05) is 0 Å². The van der Waals surface area contributed by atoms with E-state index in [9.17, 15) is 18.0 Å². The van der Waals surface area contributed by atoms with Crippen molar-refractivity contribution in [2.24, 2.45) is 0 Å². The number of hydrogen-bond acceptors (Lipinski definition) is 2. The molecule has 0 saturated heterocycles. The predicted octanol–water partition coefficient (Wildman–Crippen LogP) is 3.12. The molecule has 1 N–H and O–H groups in total. The summed E-state index contributed by atoms with van der Waals surface area (Å²) in [5, 5.41) is 2.61. The number of ether oxygens (including phenoxy) is 1. The molecule has 1 aromatic rings. The molecule has 0 fully saturated rings. The average Bonchev–Trinajstić information content (AvgIpc) is 2.37. The molecular weight excluding hydrogens is 271 g/mol. The molecule has 1 amide bonds. The van der Waals surface area contributed by atoms with Crippen LogP contribution in [0.1, 0.15) is 30.1 Å². The van der Waals surface area contributed by atoms with Crippen LogP contribution in [0.5, 0.6) is 5.75 Å². The number of nitrogens with one attached hydrogen (secondary N) is 1. The second-order valence-corrected chi connectivity index (χ2v) is 4.05. The van der Waals surface area contributed by atoms with Crippen LogP contribution in [-0.4, -0.2) is 18.3 Å². The minimum atomic E-state index is -4.75. The minimum absolute atomic E-state index is 0.218. The van der Waals surface area contributed by atoms with Crippen LogP contribution in [0.3, 0.4) is 0 Å². The maximum Gasteiger partial charge on any atom is 0.573 e. The largest absolute Gasteiger partial charge is 0.573 e. The Bertz CT molecular complexity index is 489. The Kier molecular flexibility index (Phi) is 5.44. The van der Waals surface area contributed by atoms with E-state index in [1.807, 2.05) is 6.92 Å². The van der Waals surface area contributed by atoms with Crippen LogP contribution >= 0.6 is 0 Å². The van der Waals surface area contributed by atoms with E-state index in [1.54, 1.807) is 0 Å². The number of hydrogen-bond donors (Lipinski definition) is 1. The first-order chi connectivity index (χ1) is 9.35. The molecule has 1 atom stereocenters. The first-order valence-corrected chi connectivity index (χ1v) is 5.98. The van der Waals surface area contributed by atoms with Crippen molar-refractivity contribution >= 4 is 5.91 Å². The summed E-state index contributed by atoms with van der Waals surface area (Å²) in [7, 11) is 0. The third kappa shape index (κ3) is 5.22. The lowest BCUT2D eigenvalue weighted by molar-refractivity contribution is -0.274. The molecule has 3 nitrogen and oxygen atoms in total. The molecule has 0 aromatic heterocycles. The van der Waals surface area contributed by atoms with Crippen molar-refractivity contribution in [1.29, 1.82) is 0 Å². The van der Waals surface area contributed by atoms with E-state index in [2.05, 4.69) is 16.0 Å². The van der Waals surface area contributed by atoms with Gasteiger partial charge < -0.3 is 10.1 Å². The van der Waals surface area contributed by atoms with Gasteiger partial charge in [0.15, 0.2) is 0 Å². The normalized spacial score (nSPS) is 12.3. The van der Waals surface area contributed by atoms with Gasteiger partial charge in [0.05, 0.1) is 6.04 Å². The number of halogens is 3. The fourth-order valence-electron chi connectivity index (χ4n) is 1.54. The standard InChI is InChI=1S/C14H14F3NO2/c1-3-5-11(4-2)18-13(19)10-6-8-12(9-7-10)20-14(15,16)17/h2,6-9,11H,3,5H2,1H3,(H,18,19). The van der Waals surface area contributed by atoms with E-state index in [4.69, 9.17) is 6.42 Å². The van der Waals surface area contributed by atoms with Crippen LogP contribution in [0, 0.1) is 12.3 Å². The lowest BCUT2D eigenvalue weighted by Crippen LogP contribution is -2.33. The fraction of sp³-hybridized carbons (Fsp3) is 0.357. The van der Waals surface area contributed by atoms with Crippen molar-refractivity contribution in [2.45, 2.75) is 32.2 Å². The van der Waals surface area contributed by atoms with Crippen LogP contribution < -0.4 is 10.1 Å². The second kappa shape index (κ2) is 6.85. The summed E-state index contributed by atoms with van der Waals surface area (Å²) in [5.41, 5.74) is 0.218. The molecule has 20 heavy (non-hydrogen) atoms. The number of carbonyl (C=O) groups excluding carboxylic acids is 1. The molecule has 0 radical (unpaired) electrons. The smallest absolute Gasteiger partial charge is 0.406 e. The van der Waals surface area contributed by atoms with Crippen molar-refractivity contribution in [3.63, 3.8) is 0 Å². The second-order valence-electron chi connectivity index (χ2n) is 4.05. The molecule has 1 rings (SSSR count).